The molecule has 1 heterocycles. The molecular weight excluding hydrogens is 176 g/mol. The second kappa shape index (κ2) is 4.30. The van der Waals surface area contributed by atoms with Crippen molar-refractivity contribution in [2.75, 3.05) is 13.2 Å². The van der Waals surface area contributed by atoms with Crippen molar-refractivity contribution in [3.05, 3.63) is 0 Å². The minimum atomic E-state index is -0.0403. The van der Waals surface area contributed by atoms with Gasteiger partial charge in [-0.25, -0.2) is 0 Å². The zero-order valence-corrected chi connectivity index (χ0v) is 8.76. The largest absolute Gasteiger partial charge is 0.394 e. The lowest BCUT2D eigenvalue weighted by Crippen LogP contribution is -2.52. The van der Waals surface area contributed by atoms with Gasteiger partial charge < -0.3 is 10.4 Å². The number of aliphatic hydroxyl groups excluding tert-OH is 1. The molecule has 2 N–H and O–H groups in total. The fraction of sp³-hybridized carbons (Fsp3) is 0.909. The molecule has 2 rings (SSSR count). The molecule has 80 valence electrons. The number of hydrogen-bond donors (Lipinski definition) is 2. The van der Waals surface area contributed by atoms with Crippen LogP contribution in [0.3, 0.4) is 0 Å². The summed E-state index contributed by atoms with van der Waals surface area (Å²) in [4.78, 5) is 4.42. The second-order valence-electron chi connectivity index (χ2n) is 4.56. The number of aliphatic hydroxyl groups is 1. The maximum Gasteiger partial charge on any atom is 0.0968 e. The molecule has 1 aliphatic heterocycles. The van der Waals surface area contributed by atoms with E-state index < -0.39 is 0 Å². The van der Waals surface area contributed by atoms with Crippen LogP contribution >= 0.6 is 0 Å². The molecular formula is C11H20N2O. The molecule has 14 heavy (non-hydrogen) atoms. The second-order valence-corrected chi connectivity index (χ2v) is 4.56. The molecule has 3 heteroatoms. The van der Waals surface area contributed by atoms with Crippen LogP contribution in [0, 0.1) is 0 Å². The van der Waals surface area contributed by atoms with Gasteiger partial charge in [-0.05, 0) is 19.3 Å². The number of amidine groups is 1. The Morgan fingerprint density at radius 3 is 2.57 bits per heavy atom. The summed E-state index contributed by atoms with van der Waals surface area (Å²) in [7, 11) is 0. The number of hydrogen-bond acceptors (Lipinski definition) is 3. The van der Waals surface area contributed by atoms with Crippen LogP contribution in [-0.4, -0.2) is 29.6 Å². The molecule has 1 fully saturated rings. The van der Waals surface area contributed by atoms with Gasteiger partial charge in [-0.3, -0.25) is 4.99 Å². The van der Waals surface area contributed by atoms with Gasteiger partial charge in [0.1, 0.15) is 0 Å². The van der Waals surface area contributed by atoms with E-state index in [0.29, 0.717) is 0 Å². The van der Waals surface area contributed by atoms with E-state index in [1.54, 1.807) is 0 Å². The Labute approximate surface area is 85.6 Å². The molecule has 0 atom stereocenters. The van der Waals surface area contributed by atoms with E-state index in [4.69, 9.17) is 0 Å². The molecule has 2 aliphatic rings. The molecule has 0 aromatic rings. The monoisotopic (exact) mass is 196 g/mol. The summed E-state index contributed by atoms with van der Waals surface area (Å²) in [5.74, 6) is 1.13. The topological polar surface area (TPSA) is 44.6 Å². The highest BCUT2D eigenvalue weighted by molar-refractivity contribution is 5.84. The minimum Gasteiger partial charge on any atom is -0.394 e. The Hall–Kier alpha value is -0.570. The molecule has 0 amide bonds. The lowest BCUT2D eigenvalue weighted by atomic mass is 9.82. The molecule has 1 saturated carbocycles. The first-order valence-electron chi connectivity index (χ1n) is 5.77. The average Bonchev–Trinajstić information content (AvgIpc) is 2.72. The van der Waals surface area contributed by atoms with Crippen LogP contribution in [0.25, 0.3) is 0 Å². The van der Waals surface area contributed by atoms with Gasteiger partial charge in [0, 0.05) is 13.0 Å². The van der Waals surface area contributed by atoms with Crippen LogP contribution in [-0.2, 0) is 0 Å². The first-order valence-corrected chi connectivity index (χ1v) is 5.77. The lowest BCUT2D eigenvalue weighted by molar-refractivity contribution is 0.139. The van der Waals surface area contributed by atoms with Crippen molar-refractivity contribution in [1.29, 1.82) is 0 Å². The van der Waals surface area contributed by atoms with Gasteiger partial charge in [-0.2, -0.15) is 0 Å². The predicted octanol–water partition coefficient (Wildman–Crippen LogP) is 1.46. The first-order chi connectivity index (χ1) is 6.85. The Morgan fingerprint density at radius 1 is 1.21 bits per heavy atom. The standard InChI is InChI=1S/C11H20N2O/c14-9-11(6-2-1-3-7-11)13-10-5-4-8-12-10/h14H,1-9H2,(H,12,13). The Bertz CT molecular complexity index is 219. The Kier molecular flexibility index (Phi) is 3.06. The van der Waals surface area contributed by atoms with Crippen molar-refractivity contribution >= 4 is 5.84 Å². The number of nitrogens with zero attached hydrogens (tertiary/aromatic N) is 1. The van der Waals surface area contributed by atoms with E-state index in [2.05, 4.69) is 10.3 Å². The molecule has 0 unspecified atom stereocenters. The first kappa shape index (κ1) is 9.97. The summed E-state index contributed by atoms with van der Waals surface area (Å²) >= 11 is 0. The van der Waals surface area contributed by atoms with Crippen molar-refractivity contribution in [2.45, 2.75) is 50.5 Å². The van der Waals surface area contributed by atoms with Crippen molar-refractivity contribution in [1.82, 2.24) is 5.32 Å². The van der Waals surface area contributed by atoms with Crippen LogP contribution in [0.15, 0.2) is 4.99 Å². The summed E-state index contributed by atoms with van der Waals surface area (Å²) in [6, 6.07) is 0. The third-order valence-electron chi connectivity index (χ3n) is 3.40. The third kappa shape index (κ3) is 2.08. The van der Waals surface area contributed by atoms with Gasteiger partial charge in [0.05, 0.1) is 18.0 Å². The van der Waals surface area contributed by atoms with E-state index in [0.717, 1.165) is 31.6 Å². The van der Waals surface area contributed by atoms with E-state index in [-0.39, 0.29) is 12.1 Å². The van der Waals surface area contributed by atoms with Gasteiger partial charge in [-0.15, -0.1) is 0 Å². The zero-order valence-electron chi connectivity index (χ0n) is 8.76. The lowest BCUT2D eigenvalue weighted by Gasteiger charge is -2.37. The SMILES string of the molecule is OCC1(NC2=NCCC2)CCCCC1. The smallest absolute Gasteiger partial charge is 0.0968 e. The molecule has 1 aliphatic carbocycles. The maximum absolute atomic E-state index is 9.48. The Morgan fingerprint density at radius 2 is 2.00 bits per heavy atom. The number of rotatable bonds is 2. The molecule has 0 bridgehead atoms. The normalized spacial score (nSPS) is 25.9. The van der Waals surface area contributed by atoms with E-state index in [9.17, 15) is 5.11 Å². The fourth-order valence-electron chi connectivity index (χ4n) is 2.50. The van der Waals surface area contributed by atoms with Crippen LogP contribution < -0.4 is 5.32 Å². The van der Waals surface area contributed by atoms with Crippen molar-refractivity contribution < 1.29 is 5.11 Å². The van der Waals surface area contributed by atoms with Gasteiger partial charge in [0.15, 0.2) is 0 Å². The van der Waals surface area contributed by atoms with Crippen molar-refractivity contribution in [2.24, 2.45) is 4.99 Å². The Balaban J connectivity index is 1.96. The molecule has 0 aromatic heterocycles. The predicted molar refractivity (Wildman–Crippen MR) is 57.6 cm³/mol. The third-order valence-corrected chi connectivity index (χ3v) is 3.40. The summed E-state index contributed by atoms with van der Waals surface area (Å²) in [5.41, 5.74) is -0.0403. The van der Waals surface area contributed by atoms with Gasteiger partial charge in [0.25, 0.3) is 0 Å². The number of nitrogens with one attached hydrogen (secondary N) is 1. The molecule has 0 saturated heterocycles. The summed E-state index contributed by atoms with van der Waals surface area (Å²) in [6.45, 7) is 1.22. The molecule has 0 spiro atoms. The molecule has 0 radical (unpaired) electrons. The van der Waals surface area contributed by atoms with Crippen molar-refractivity contribution in [3.8, 4) is 0 Å². The van der Waals surface area contributed by atoms with E-state index in [1.807, 2.05) is 0 Å². The summed E-state index contributed by atoms with van der Waals surface area (Å²) < 4.78 is 0. The van der Waals surface area contributed by atoms with Crippen molar-refractivity contribution in [3.63, 3.8) is 0 Å². The van der Waals surface area contributed by atoms with Gasteiger partial charge in [0.2, 0.25) is 0 Å². The summed E-state index contributed by atoms with van der Waals surface area (Å²) in [5, 5.41) is 13.0. The van der Waals surface area contributed by atoms with Crippen LogP contribution in [0.1, 0.15) is 44.9 Å². The highest BCUT2D eigenvalue weighted by Crippen LogP contribution is 2.28. The van der Waals surface area contributed by atoms with E-state index in [1.165, 1.54) is 25.7 Å². The summed E-state index contributed by atoms with van der Waals surface area (Å²) in [6.07, 6.45) is 8.23. The fourth-order valence-corrected chi connectivity index (χ4v) is 2.50. The average molecular weight is 196 g/mol. The van der Waals surface area contributed by atoms with Crippen LogP contribution in [0.4, 0.5) is 0 Å². The molecule has 3 nitrogen and oxygen atoms in total. The quantitative estimate of drug-likeness (QED) is 0.702. The maximum atomic E-state index is 9.48. The van der Waals surface area contributed by atoms with Crippen LogP contribution in [0.2, 0.25) is 0 Å². The van der Waals surface area contributed by atoms with E-state index >= 15 is 0 Å². The minimum absolute atomic E-state index is 0.0403. The van der Waals surface area contributed by atoms with Gasteiger partial charge >= 0.3 is 0 Å². The highest BCUT2D eigenvalue weighted by Gasteiger charge is 2.32. The molecule has 0 aromatic carbocycles. The number of aliphatic imine (C=N–C) groups is 1. The van der Waals surface area contributed by atoms with Crippen LogP contribution in [0.5, 0.6) is 0 Å². The van der Waals surface area contributed by atoms with Gasteiger partial charge in [-0.1, -0.05) is 19.3 Å². The zero-order chi connectivity index (χ0) is 9.86. The highest BCUT2D eigenvalue weighted by atomic mass is 16.3.